The number of aromatic nitrogens is 1. The van der Waals surface area contributed by atoms with Crippen molar-refractivity contribution in [3.8, 4) is 22.8 Å². The van der Waals surface area contributed by atoms with E-state index in [1.165, 1.54) is 0 Å². The number of anilines is 2. The van der Waals surface area contributed by atoms with Gasteiger partial charge in [0.1, 0.15) is 11.5 Å². The Morgan fingerprint density at radius 3 is 2.79 bits per heavy atom. The number of hydrogen-bond donors (Lipinski definition) is 3. The number of fused-ring (bicyclic) bond motifs is 2. The maximum absolute atomic E-state index is 12.5. The normalized spacial score (nSPS) is 15.8. The van der Waals surface area contributed by atoms with Crippen LogP contribution in [0.2, 0.25) is 0 Å². The van der Waals surface area contributed by atoms with Gasteiger partial charge in [0.15, 0.2) is 0 Å². The molecular weight excluding hydrogens is 434 g/mol. The molecule has 0 spiro atoms. The minimum atomic E-state index is -0.179. The number of aliphatic hydroxyl groups excluding tert-OH is 1. The van der Waals surface area contributed by atoms with E-state index in [0.717, 1.165) is 58.3 Å². The zero-order chi connectivity index (χ0) is 23.5. The molecule has 8 heteroatoms. The number of aliphatic hydroxyl groups is 1. The third-order valence-corrected chi connectivity index (χ3v) is 6.20. The number of benzene rings is 2. The van der Waals surface area contributed by atoms with Gasteiger partial charge >= 0.3 is 0 Å². The monoisotopic (exact) mass is 463 g/mol. The molecule has 3 heterocycles. The molecule has 1 fully saturated rings. The summed E-state index contributed by atoms with van der Waals surface area (Å²) >= 11 is 0. The molecule has 178 valence electrons. The van der Waals surface area contributed by atoms with Crippen LogP contribution in [-0.2, 0) is 15.9 Å². The Morgan fingerprint density at radius 2 is 2.00 bits per heavy atom. The maximum atomic E-state index is 12.5. The van der Waals surface area contributed by atoms with Crippen LogP contribution in [0.15, 0.2) is 53.3 Å². The van der Waals surface area contributed by atoms with Crippen molar-refractivity contribution in [2.24, 2.45) is 0 Å². The lowest BCUT2D eigenvalue weighted by Gasteiger charge is -2.29. The predicted molar refractivity (Wildman–Crippen MR) is 131 cm³/mol. The van der Waals surface area contributed by atoms with Crippen LogP contribution in [0.1, 0.15) is 11.1 Å². The molecule has 2 aliphatic rings. The van der Waals surface area contributed by atoms with Gasteiger partial charge in [-0.3, -0.25) is 4.79 Å². The standard InChI is InChI=1S/C26H29N3O5/c1-32-16-20(15-30)27-19-5-6-24-18(12-19)11-17-3-2-4-22(26(17)34-24)23-13-21(14-25(31)28-23)29-7-9-33-10-8-29/h2-6,12-14,20,27,30H,7-11,15-16H2,1H3,(H,28,31). The van der Waals surface area contributed by atoms with Crippen LogP contribution in [0.25, 0.3) is 11.3 Å². The van der Waals surface area contributed by atoms with Crippen LogP contribution in [0.5, 0.6) is 11.5 Å². The highest BCUT2D eigenvalue weighted by Crippen LogP contribution is 2.43. The summed E-state index contributed by atoms with van der Waals surface area (Å²) in [6.45, 7) is 3.23. The number of methoxy groups -OCH3 is 1. The number of nitrogens with zero attached hydrogens (tertiary/aromatic N) is 1. The van der Waals surface area contributed by atoms with Gasteiger partial charge in [0.05, 0.1) is 38.2 Å². The second-order valence-electron chi connectivity index (χ2n) is 8.59. The zero-order valence-electron chi connectivity index (χ0n) is 19.2. The fourth-order valence-corrected chi connectivity index (χ4v) is 4.53. The number of hydrogen-bond acceptors (Lipinski definition) is 7. The summed E-state index contributed by atoms with van der Waals surface area (Å²) < 4.78 is 17.0. The van der Waals surface area contributed by atoms with Crippen molar-refractivity contribution >= 4 is 11.4 Å². The number of nitrogens with one attached hydrogen (secondary N) is 2. The van der Waals surface area contributed by atoms with E-state index in [4.69, 9.17) is 14.2 Å². The molecule has 0 amide bonds. The highest BCUT2D eigenvalue weighted by atomic mass is 16.5. The lowest BCUT2D eigenvalue weighted by atomic mass is 9.96. The van der Waals surface area contributed by atoms with Crippen LogP contribution >= 0.6 is 0 Å². The van der Waals surface area contributed by atoms with Crippen molar-refractivity contribution in [1.82, 2.24) is 4.98 Å². The van der Waals surface area contributed by atoms with Crippen molar-refractivity contribution in [1.29, 1.82) is 0 Å². The first kappa shape index (κ1) is 22.5. The summed E-state index contributed by atoms with van der Waals surface area (Å²) in [4.78, 5) is 17.7. The van der Waals surface area contributed by atoms with Gasteiger partial charge in [-0.15, -0.1) is 0 Å². The lowest BCUT2D eigenvalue weighted by molar-refractivity contribution is 0.122. The fraction of sp³-hybridized carbons (Fsp3) is 0.346. The van der Waals surface area contributed by atoms with Gasteiger partial charge in [-0.25, -0.2) is 0 Å². The first-order chi connectivity index (χ1) is 16.6. The number of para-hydroxylation sites is 1. The molecule has 2 aromatic carbocycles. The molecule has 8 nitrogen and oxygen atoms in total. The summed E-state index contributed by atoms with van der Waals surface area (Å²) in [6, 6.07) is 15.4. The lowest BCUT2D eigenvalue weighted by Crippen LogP contribution is -2.36. The average Bonchev–Trinajstić information content (AvgIpc) is 2.87. The first-order valence-electron chi connectivity index (χ1n) is 11.5. The van der Waals surface area contributed by atoms with Gasteiger partial charge in [-0.1, -0.05) is 12.1 Å². The molecule has 1 atom stereocenters. The van der Waals surface area contributed by atoms with Crippen LogP contribution in [0.3, 0.4) is 0 Å². The summed E-state index contributed by atoms with van der Waals surface area (Å²) in [7, 11) is 1.61. The van der Waals surface area contributed by atoms with Crippen LogP contribution in [0.4, 0.5) is 11.4 Å². The highest BCUT2D eigenvalue weighted by molar-refractivity contribution is 5.74. The molecule has 3 aromatic rings. The maximum Gasteiger partial charge on any atom is 0.250 e. The molecule has 0 bridgehead atoms. The van der Waals surface area contributed by atoms with E-state index < -0.39 is 0 Å². The molecule has 3 N–H and O–H groups in total. The second kappa shape index (κ2) is 9.89. The summed E-state index contributed by atoms with van der Waals surface area (Å²) in [5.41, 5.74) is 5.35. The molecule has 0 aliphatic carbocycles. The summed E-state index contributed by atoms with van der Waals surface area (Å²) in [6.07, 6.45) is 0.704. The Balaban J connectivity index is 1.44. The Kier molecular flexibility index (Phi) is 6.53. The minimum Gasteiger partial charge on any atom is -0.456 e. The number of H-pyrrole nitrogens is 1. The van der Waals surface area contributed by atoms with E-state index in [1.54, 1.807) is 13.2 Å². The first-order valence-corrected chi connectivity index (χ1v) is 11.5. The zero-order valence-corrected chi connectivity index (χ0v) is 19.2. The van der Waals surface area contributed by atoms with Gasteiger partial charge in [0, 0.05) is 55.2 Å². The second-order valence-corrected chi connectivity index (χ2v) is 8.59. The average molecular weight is 464 g/mol. The SMILES string of the molecule is COCC(CO)Nc1ccc2c(c1)Cc1cccc(-c3cc(N4CCOCC4)cc(=O)[nH]3)c1O2. The molecule has 0 radical (unpaired) electrons. The van der Waals surface area contributed by atoms with Gasteiger partial charge < -0.3 is 34.5 Å². The molecule has 5 rings (SSSR count). The Bertz CT molecular complexity index is 1220. The van der Waals surface area contributed by atoms with Crippen molar-refractivity contribution < 1.29 is 19.3 Å². The van der Waals surface area contributed by atoms with Crippen LogP contribution in [0, 0.1) is 0 Å². The third-order valence-electron chi connectivity index (χ3n) is 6.20. The number of rotatable bonds is 7. The Morgan fingerprint density at radius 1 is 1.15 bits per heavy atom. The van der Waals surface area contributed by atoms with E-state index >= 15 is 0 Å². The third kappa shape index (κ3) is 4.65. The van der Waals surface area contributed by atoms with E-state index in [1.807, 2.05) is 42.5 Å². The van der Waals surface area contributed by atoms with Gasteiger partial charge in [0.2, 0.25) is 5.56 Å². The number of morpholine rings is 1. The van der Waals surface area contributed by atoms with E-state index in [-0.39, 0.29) is 18.2 Å². The smallest absolute Gasteiger partial charge is 0.250 e. The largest absolute Gasteiger partial charge is 0.456 e. The van der Waals surface area contributed by atoms with Gasteiger partial charge in [-0.05, 0) is 35.9 Å². The number of aromatic amines is 1. The molecule has 1 aromatic heterocycles. The molecule has 1 saturated heterocycles. The van der Waals surface area contributed by atoms with E-state index in [9.17, 15) is 9.90 Å². The summed E-state index contributed by atoms with van der Waals surface area (Å²) in [5, 5.41) is 12.8. The van der Waals surface area contributed by atoms with Crippen LogP contribution < -0.4 is 20.5 Å². The van der Waals surface area contributed by atoms with E-state index in [2.05, 4.69) is 15.2 Å². The Labute approximate surface area is 198 Å². The van der Waals surface area contributed by atoms with Crippen molar-refractivity contribution in [3.63, 3.8) is 0 Å². The quantitative estimate of drug-likeness (QED) is 0.388. The molecule has 1 unspecified atom stereocenters. The predicted octanol–water partition coefficient (Wildman–Crippen LogP) is 2.99. The summed E-state index contributed by atoms with van der Waals surface area (Å²) in [5.74, 6) is 1.54. The number of ether oxygens (including phenoxy) is 3. The van der Waals surface area contributed by atoms with Crippen LogP contribution in [-0.4, -0.2) is 62.8 Å². The fourth-order valence-electron chi connectivity index (χ4n) is 4.53. The molecule has 0 saturated carbocycles. The van der Waals surface area contributed by atoms with Crippen molar-refractivity contribution in [3.05, 3.63) is 70.0 Å². The topological polar surface area (TPSA) is 96.0 Å². The molecule has 34 heavy (non-hydrogen) atoms. The van der Waals surface area contributed by atoms with Crippen molar-refractivity contribution in [2.75, 3.05) is 56.8 Å². The van der Waals surface area contributed by atoms with E-state index in [0.29, 0.717) is 26.2 Å². The minimum absolute atomic E-state index is 0.0185. The molecular formula is C26H29N3O5. The van der Waals surface area contributed by atoms with Gasteiger partial charge in [0.25, 0.3) is 0 Å². The Hall–Kier alpha value is -3.33. The van der Waals surface area contributed by atoms with Gasteiger partial charge in [-0.2, -0.15) is 0 Å². The number of pyridine rings is 1. The highest BCUT2D eigenvalue weighted by Gasteiger charge is 2.22. The van der Waals surface area contributed by atoms with Crippen molar-refractivity contribution in [2.45, 2.75) is 12.5 Å². The molecule has 2 aliphatic heterocycles.